The maximum atomic E-state index is 12.6. The van der Waals surface area contributed by atoms with E-state index in [9.17, 15) is 4.79 Å². The van der Waals surface area contributed by atoms with E-state index in [4.69, 9.17) is 4.74 Å². The van der Waals surface area contributed by atoms with E-state index in [0.717, 1.165) is 30.8 Å². The van der Waals surface area contributed by atoms with Crippen LogP contribution in [0.1, 0.15) is 31.6 Å². The van der Waals surface area contributed by atoms with Crippen LogP contribution in [0, 0.1) is 5.41 Å². The molecule has 1 aromatic heterocycles. The molecule has 118 valence electrons. The van der Waals surface area contributed by atoms with Crippen molar-refractivity contribution in [2.45, 2.75) is 32.1 Å². The first-order valence-corrected chi connectivity index (χ1v) is 8.40. The van der Waals surface area contributed by atoms with Gasteiger partial charge in [-0.1, -0.05) is 6.07 Å². The number of ether oxygens (including phenoxy) is 1. The number of piperidine rings is 1. The minimum atomic E-state index is -0.477. The lowest BCUT2D eigenvalue weighted by Gasteiger charge is -2.38. The first-order chi connectivity index (χ1) is 10.0. The van der Waals surface area contributed by atoms with Gasteiger partial charge in [-0.2, -0.15) is 0 Å². The highest BCUT2D eigenvalue weighted by Gasteiger charge is 2.36. The van der Waals surface area contributed by atoms with Crippen molar-refractivity contribution >= 4 is 17.2 Å². The molecule has 1 aliphatic heterocycles. The van der Waals surface area contributed by atoms with E-state index in [2.05, 4.69) is 10.6 Å². The summed E-state index contributed by atoms with van der Waals surface area (Å²) in [6.45, 7) is 7.35. The Balaban J connectivity index is 1.98. The van der Waals surface area contributed by atoms with Crippen molar-refractivity contribution in [3.05, 3.63) is 22.4 Å². The predicted octanol–water partition coefficient (Wildman–Crippen LogP) is 2.16. The second-order valence-corrected chi connectivity index (χ2v) is 7.42. The van der Waals surface area contributed by atoms with Gasteiger partial charge in [-0.05, 0) is 51.2 Å². The number of hydrogen-bond donors (Lipinski definition) is 2. The molecular formula is C16H26N2O2S. The first kappa shape index (κ1) is 16.5. The van der Waals surface area contributed by atoms with Crippen LogP contribution in [0.3, 0.4) is 0 Å². The smallest absolute Gasteiger partial charge is 0.230 e. The zero-order valence-electron chi connectivity index (χ0n) is 13.2. The molecular weight excluding hydrogens is 284 g/mol. The molecule has 0 saturated carbocycles. The number of carbonyl (C=O) groups is 1. The van der Waals surface area contributed by atoms with E-state index in [1.54, 1.807) is 18.4 Å². The van der Waals surface area contributed by atoms with Crippen LogP contribution in [-0.2, 0) is 14.9 Å². The summed E-state index contributed by atoms with van der Waals surface area (Å²) in [7, 11) is 1.74. The van der Waals surface area contributed by atoms with Crippen LogP contribution in [0.15, 0.2) is 17.5 Å². The van der Waals surface area contributed by atoms with Crippen molar-refractivity contribution in [3.8, 4) is 0 Å². The van der Waals surface area contributed by atoms with Gasteiger partial charge in [-0.25, -0.2) is 0 Å². The molecule has 0 unspecified atom stereocenters. The average molecular weight is 310 g/mol. The van der Waals surface area contributed by atoms with Gasteiger partial charge >= 0.3 is 0 Å². The third-order valence-electron chi connectivity index (χ3n) is 4.44. The van der Waals surface area contributed by atoms with E-state index in [-0.39, 0.29) is 11.3 Å². The van der Waals surface area contributed by atoms with Crippen molar-refractivity contribution in [2.75, 3.05) is 33.4 Å². The van der Waals surface area contributed by atoms with Crippen LogP contribution in [0.25, 0.3) is 0 Å². The van der Waals surface area contributed by atoms with Crippen LogP contribution in [0.5, 0.6) is 0 Å². The Morgan fingerprint density at radius 2 is 2.19 bits per heavy atom. The van der Waals surface area contributed by atoms with Crippen LogP contribution >= 0.6 is 11.3 Å². The summed E-state index contributed by atoms with van der Waals surface area (Å²) in [4.78, 5) is 13.7. The number of amides is 1. The molecule has 21 heavy (non-hydrogen) atoms. The van der Waals surface area contributed by atoms with Crippen molar-refractivity contribution in [1.29, 1.82) is 0 Å². The number of hydrogen-bond acceptors (Lipinski definition) is 4. The van der Waals surface area contributed by atoms with Gasteiger partial charge in [-0.15, -0.1) is 11.3 Å². The minimum absolute atomic E-state index is 0.0706. The fourth-order valence-electron chi connectivity index (χ4n) is 2.87. The van der Waals surface area contributed by atoms with Crippen molar-refractivity contribution in [1.82, 2.24) is 10.6 Å². The monoisotopic (exact) mass is 310 g/mol. The van der Waals surface area contributed by atoms with Crippen molar-refractivity contribution in [3.63, 3.8) is 0 Å². The van der Waals surface area contributed by atoms with E-state index in [0.29, 0.717) is 13.2 Å². The summed E-state index contributed by atoms with van der Waals surface area (Å²) < 4.78 is 5.40. The molecule has 0 aliphatic carbocycles. The lowest BCUT2D eigenvalue weighted by atomic mass is 9.79. The molecule has 0 bridgehead atoms. The number of carbonyl (C=O) groups excluding carboxylic acids is 1. The summed E-state index contributed by atoms with van der Waals surface area (Å²) in [5, 5.41) is 8.56. The maximum Gasteiger partial charge on any atom is 0.230 e. The molecule has 4 nitrogen and oxygen atoms in total. The molecule has 1 fully saturated rings. The van der Waals surface area contributed by atoms with Crippen LogP contribution in [-0.4, -0.2) is 39.3 Å². The Kier molecular flexibility index (Phi) is 5.41. The minimum Gasteiger partial charge on any atom is -0.384 e. The van der Waals surface area contributed by atoms with Gasteiger partial charge < -0.3 is 15.4 Å². The Labute approximate surface area is 131 Å². The average Bonchev–Trinajstić information content (AvgIpc) is 3.01. The Bertz CT molecular complexity index is 445. The summed E-state index contributed by atoms with van der Waals surface area (Å²) in [6.07, 6.45) is 2.08. The normalized spacial score (nSPS) is 18.4. The molecule has 1 aliphatic rings. The summed E-state index contributed by atoms with van der Waals surface area (Å²) >= 11 is 1.63. The van der Waals surface area contributed by atoms with Gasteiger partial charge in [0.1, 0.15) is 0 Å². The zero-order valence-corrected chi connectivity index (χ0v) is 14.0. The second-order valence-electron chi connectivity index (χ2n) is 6.47. The highest BCUT2D eigenvalue weighted by Crippen LogP contribution is 2.30. The predicted molar refractivity (Wildman–Crippen MR) is 86.8 cm³/mol. The van der Waals surface area contributed by atoms with Crippen molar-refractivity contribution < 1.29 is 9.53 Å². The molecule has 1 amide bonds. The molecule has 2 rings (SSSR count). The standard InChI is InChI=1S/C16H26N2O2S/c1-15(2,13-5-4-10-21-13)14(19)18-11-16(12-20-3)6-8-17-9-7-16/h4-5,10,17H,6-9,11-12H2,1-3H3,(H,18,19). The Hall–Kier alpha value is -0.910. The lowest BCUT2D eigenvalue weighted by Crippen LogP contribution is -2.50. The van der Waals surface area contributed by atoms with E-state index >= 15 is 0 Å². The van der Waals surface area contributed by atoms with E-state index < -0.39 is 5.41 Å². The van der Waals surface area contributed by atoms with Gasteiger partial charge in [-0.3, -0.25) is 4.79 Å². The van der Waals surface area contributed by atoms with Crippen molar-refractivity contribution in [2.24, 2.45) is 5.41 Å². The molecule has 1 saturated heterocycles. The van der Waals surface area contributed by atoms with Gasteiger partial charge in [0.15, 0.2) is 0 Å². The van der Waals surface area contributed by atoms with Gasteiger partial charge in [0.05, 0.1) is 12.0 Å². The number of rotatable bonds is 6. The Morgan fingerprint density at radius 3 is 2.76 bits per heavy atom. The molecule has 0 aromatic carbocycles. The highest BCUT2D eigenvalue weighted by molar-refractivity contribution is 7.10. The number of thiophene rings is 1. The summed E-state index contributed by atoms with van der Waals surface area (Å²) in [6, 6.07) is 4.02. The fraction of sp³-hybridized carbons (Fsp3) is 0.688. The molecule has 2 N–H and O–H groups in total. The first-order valence-electron chi connectivity index (χ1n) is 7.52. The summed E-state index contributed by atoms with van der Waals surface area (Å²) in [5.41, 5.74) is -0.406. The Morgan fingerprint density at radius 1 is 1.48 bits per heavy atom. The largest absolute Gasteiger partial charge is 0.384 e. The topological polar surface area (TPSA) is 50.4 Å². The number of nitrogens with one attached hydrogen (secondary N) is 2. The molecule has 2 heterocycles. The molecule has 0 atom stereocenters. The SMILES string of the molecule is COCC1(CNC(=O)C(C)(C)c2cccs2)CCNCC1. The van der Waals surface area contributed by atoms with Crippen LogP contribution < -0.4 is 10.6 Å². The van der Waals surface area contributed by atoms with Crippen LogP contribution in [0.4, 0.5) is 0 Å². The van der Waals surface area contributed by atoms with E-state index in [1.807, 2.05) is 31.4 Å². The quantitative estimate of drug-likeness (QED) is 0.846. The van der Waals surface area contributed by atoms with Gasteiger partial charge in [0.25, 0.3) is 0 Å². The third kappa shape index (κ3) is 3.84. The lowest BCUT2D eigenvalue weighted by molar-refractivity contribution is -0.126. The molecule has 5 heteroatoms. The highest BCUT2D eigenvalue weighted by atomic mass is 32.1. The zero-order chi connectivity index (χ0) is 15.3. The molecule has 0 spiro atoms. The maximum absolute atomic E-state index is 12.6. The molecule has 0 radical (unpaired) electrons. The number of methoxy groups -OCH3 is 1. The third-order valence-corrected chi connectivity index (χ3v) is 5.64. The summed E-state index contributed by atoms with van der Waals surface area (Å²) in [5.74, 6) is 0.0963. The van der Waals surface area contributed by atoms with Gasteiger partial charge in [0, 0.05) is 23.9 Å². The fourth-order valence-corrected chi connectivity index (χ4v) is 3.72. The van der Waals surface area contributed by atoms with E-state index in [1.165, 1.54) is 0 Å². The molecule has 1 aromatic rings. The van der Waals surface area contributed by atoms with Crippen LogP contribution in [0.2, 0.25) is 0 Å². The second kappa shape index (κ2) is 6.90. The van der Waals surface area contributed by atoms with Gasteiger partial charge in [0.2, 0.25) is 5.91 Å².